The first-order valence-corrected chi connectivity index (χ1v) is 7.04. The number of nitrogens with zero attached hydrogens (tertiary/aromatic N) is 1. The molecule has 4 nitrogen and oxygen atoms in total. The molecular weight excluding hydrogens is 254 g/mol. The molecule has 2 fully saturated rings. The molecule has 2 saturated heterocycles. The molecule has 1 atom stereocenters. The van der Waals surface area contributed by atoms with Gasteiger partial charge in [-0.05, 0) is 32.2 Å². The number of likely N-dealkylation sites (tertiary alicyclic amines) is 1. The molecule has 0 saturated carbocycles. The minimum atomic E-state index is -2.32. The minimum Gasteiger partial charge on any atom is -0.381 e. The van der Waals surface area contributed by atoms with Crippen LogP contribution in [0.25, 0.3) is 0 Å². The summed E-state index contributed by atoms with van der Waals surface area (Å²) in [5.41, 5.74) is 0. The predicted octanol–water partition coefficient (Wildman–Crippen LogP) is 1.26. The Morgan fingerprint density at radius 3 is 2.74 bits per heavy atom. The number of alkyl halides is 2. The van der Waals surface area contributed by atoms with Gasteiger partial charge < -0.3 is 10.1 Å². The molecule has 0 aromatic carbocycles. The lowest BCUT2D eigenvalue weighted by molar-refractivity contribution is -0.128. The van der Waals surface area contributed by atoms with E-state index in [9.17, 15) is 13.6 Å². The van der Waals surface area contributed by atoms with Crippen LogP contribution in [-0.2, 0) is 9.53 Å². The number of rotatable bonds is 4. The van der Waals surface area contributed by atoms with Crippen LogP contribution in [0.3, 0.4) is 0 Å². The van der Waals surface area contributed by atoms with Crippen LogP contribution >= 0.6 is 0 Å². The van der Waals surface area contributed by atoms with E-state index in [1.165, 1.54) is 0 Å². The highest BCUT2D eigenvalue weighted by Crippen LogP contribution is 2.18. The number of amides is 1. The van der Waals surface area contributed by atoms with Gasteiger partial charge in [0, 0.05) is 25.8 Å². The first-order chi connectivity index (χ1) is 9.15. The first-order valence-electron chi connectivity index (χ1n) is 7.04. The van der Waals surface area contributed by atoms with Crippen molar-refractivity contribution >= 4 is 5.91 Å². The molecule has 19 heavy (non-hydrogen) atoms. The number of hydrogen-bond donors (Lipinski definition) is 1. The lowest BCUT2D eigenvalue weighted by Gasteiger charge is -2.33. The summed E-state index contributed by atoms with van der Waals surface area (Å²) in [6, 6.07) is 0.187. The quantitative estimate of drug-likeness (QED) is 0.840. The Hall–Kier alpha value is -0.750. The molecular formula is C13H22F2N2O2. The van der Waals surface area contributed by atoms with E-state index in [0.29, 0.717) is 26.3 Å². The second-order valence-electron chi connectivity index (χ2n) is 5.39. The summed E-state index contributed by atoms with van der Waals surface area (Å²) in [5, 5.41) is 3.03. The first kappa shape index (κ1) is 14.7. The van der Waals surface area contributed by atoms with Crippen LogP contribution in [-0.4, -0.2) is 56.1 Å². The zero-order valence-corrected chi connectivity index (χ0v) is 11.1. The lowest BCUT2D eigenvalue weighted by atomic mass is 9.96. The van der Waals surface area contributed by atoms with Crippen molar-refractivity contribution in [1.29, 1.82) is 0 Å². The van der Waals surface area contributed by atoms with E-state index < -0.39 is 6.43 Å². The second kappa shape index (κ2) is 7.14. The molecule has 110 valence electrons. The fourth-order valence-electron chi connectivity index (χ4n) is 2.79. The van der Waals surface area contributed by atoms with Gasteiger partial charge in [-0.3, -0.25) is 9.69 Å². The second-order valence-corrected chi connectivity index (χ2v) is 5.39. The van der Waals surface area contributed by atoms with Crippen molar-refractivity contribution in [2.45, 2.75) is 38.2 Å². The summed E-state index contributed by atoms with van der Waals surface area (Å²) in [6.07, 6.45) is 0.989. The molecule has 2 aliphatic rings. The molecule has 0 spiro atoms. The van der Waals surface area contributed by atoms with Crippen molar-refractivity contribution in [2.75, 3.05) is 32.8 Å². The van der Waals surface area contributed by atoms with Gasteiger partial charge in [0.1, 0.15) is 0 Å². The Morgan fingerprint density at radius 1 is 1.32 bits per heavy atom. The smallest absolute Gasteiger partial charge is 0.251 e. The number of carbonyl (C=O) groups is 1. The SMILES string of the molecule is O=C(NC1CCOCC1)C1CCCN(CC(F)F)C1. The molecule has 0 radical (unpaired) electrons. The van der Waals surface area contributed by atoms with Gasteiger partial charge in [-0.1, -0.05) is 0 Å². The lowest BCUT2D eigenvalue weighted by Crippen LogP contribution is -2.48. The van der Waals surface area contributed by atoms with Crippen LogP contribution in [0.2, 0.25) is 0 Å². The molecule has 2 aliphatic heterocycles. The zero-order valence-electron chi connectivity index (χ0n) is 11.1. The van der Waals surface area contributed by atoms with Crippen molar-refractivity contribution < 1.29 is 18.3 Å². The molecule has 0 aliphatic carbocycles. The van der Waals surface area contributed by atoms with Crippen LogP contribution in [0.5, 0.6) is 0 Å². The highest BCUT2D eigenvalue weighted by molar-refractivity contribution is 5.79. The van der Waals surface area contributed by atoms with E-state index >= 15 is 0 Å². The molecule has 2 heterocycles. The van der Waals surface area contributed by atoms with E-state index in [4.69, 9.17) is 4.74 Å². The minimum absolute atomic E-state index is 0.0193. The van der Waals surface area contributed by atoms with Gasteiger partial charge in [-0.15, -0.1) is 0 Å². The van der Waals surface area contributed by atoms with Gasteiger partial charge in [0.25, 0.3) is 6.43 Å². The summed E-state index contributed by atoms with van der Waals surface area (Å²) in [6.45, 7) is 2.28. The Morgan fingerprint density at radius 2 is 2.05 bits per heavy atom. The van der Waals surface area contributed by atoms with Crippen molar-refractivity contribution in [1.82, 2.24) is 10.2 Å². The highest BCUT2D eigenvalue weighted by atomic mass is 19.3. The third-order valence-electron chi connectivity index (χ3n) is 3.84. The van der Waals surface area contributed by atoms with E-state index in [0.717, 1.165) is 25.7 Å². The fraction of sp³-hybridized carbons (Fsp3) is 0.923. The standard InChI is InChI=1S/C13H22F2N2O2/c14-12(15)9-17-5-1-2-10(8-17)13(18)16-11-3-6-19-7-4-11/h10-12H,1-9H2,(H,16,18). The van der Waals surface area contributed by atoms with Crippen molar-refractivity contribution in [3.05, 3.63) is 0 Å². The summed E-state index contributed by atoms with van der Waals surface area (Å²) in [7, 11) is 0. The van der Waals surface area contributed by atoms with Gasteiger partial charge in [0.05, 0.1) is 12.5 Å². The van der Waals surface area contributed by atoms with E-state index in [1.54, 1.807) is 4.90 Å². The molecule has 2 rings (SSSR count). The largest absolute Gasteiger partial charge is 0.381 e. The van der Waals surface area contributed by atoms with Crippen molar-refractivity contribution in [3.8, 4) is 0 Å². The molecule has 0 bridgehead atoms. The Kier molecular flexibility index (Phi) is 5.51. The molecule has 1 unspecified atom stereocenters. The average Bonchev–Trinajstić information content (AvgIpc) is 2.39. The normalized spacial score (nSPS) is 26.6. The molecule has 6 heteroatoms. The fourth-order valence-corrected chi connectivity index (χ4v) is 2.79. The van der Waals surface area contributed by atoms with Crippen LogP contribution in [0.15, 0.2) is 0 Å². The van der Waals surface area contributed by atoms with Gasteiger partial charge >= 0.3 is 0 Å². The number of halogens is 2. The highest BCUT2D eigenvalue weighted by Gasteiger charge is 2.28. The Labute approximate surface area is 112 Å². The number of piperidine rings is 1. The van der Waals surface area contributed by atoms with Gasteiger partial charge in [-0.2, -0.15) is 0 Å². The van der Waals surface area contributed by atoms with Crippen LogP contribution in [0, 0.1) is 5.92 Å². The molecule has 1 amide bonds. The van der Waals surface area contributed by atoms with Crippen molar-refractivity contribution in [3.63, 3.8) is 0 Å². The third kappa shape index (κ3) is 4.69. The predicted molar refractivity (Wildman–Crippen MR) is 67.2 cm³/mol. The Bertz CT molecular complexity index is 296. The summed E-state index contributed by atoms with van der Waals surface area (Å²) >= 11 is 0. The summed E-state index contributed by atoms with van der Waals surface area (Å²) < 4.78 is 30.0. The van der Waals surface area contributed by atoms with Gasteiger partial charge in [-0.25, -0.2) is 8.78 Å². The Balaban J connectivity index is 1.77. The van der Waals surface area contributed by atoms with Crippen LogP contribution < -0.4 is 5.32 Å². The topological polar surface area (TPSA) is 41.6 Å². The van der Waals surface area contributed by atoms with E-state index in [-0.39, 0.29) is 24.4 Å². The van der Waals surface area contributed by atoms with Crippen LogP contribution in [0.4, 0.5) is 8.78 Å². The van der Waals surface area contributed by atoms with E-state index in [1.807, 2.05) is 0 Å². The van der Waals surface area contributed by atoms with Gasteiger partial charge in [0.2, 0.25) is 5.91 Å². The van der Waals surface area contributed by atoms with Crippen LogP contribution in [0.1, 0.15) is 25.7 Å². The molecule has 0 aromatic rings. The third-order valence-corrected chi connectivity index (χ3v) is 3.84. The summed E-state index contributed by atoms with van der Waals surface area (Å²) in [5.74, 6) is -0.124. The van der Waals surface area contributed by atoms with Gasteiger partial charge in [0.15, 0.2) is 0 Å². The zero-order chi connectivity index (χ0) is 13.7. The molecule has 1 N–H and O–H groups in total. The number of hydrogen-bond acceptors (Lipinski definition) is 3. The van der Waals surface area contributed by atoms with Crippen molar-refractivity contribution in [2.24, 2.45) is 5.92 Å². The maximum absolute atomic E-state index is 12.4. The molecule has 0 aromatic heterocycles. The number of ether oxygens (including phenoxy) is 1. The number of carbonyl (C=O) groups excluding carboxylic acids is 1. The number of nitrogens with one attached hydrogen (secondary N) is 1. The maximum Gasteiger partial charge on any atom is 0.251 e. The maximum atomic E-state index is 12.4. The summed E-state index contributed by atoms with van der Waals surface area (Å²) in [4.78, 5) is 13.8. The monoisotopic (exact) mass is 276 g/mol. The average molecular weight is 276 g/mol. The van der Waals surface area contributed by atoms with E-state index in [2.05, 4.69) is 5.32 Å².